The Morgan fingerprint density at radius 3 is 2.57 bits per heavy atom. The van der Waals surface area contributed by atoms with E-state index in [-0.39, 0.29) is 55.1 Å². The molecule has 3 saturated heterocycles. The maximum absolute atomic E-state index is 14.5. The van der Waals surface area contributed by atoms with E-state index in [2.05, 4.69) is 27.4 Å². The van der Waals surface area contributed by atoms with E-state index in [9.17, 15) is 19.5 Å². The fourth-order valence-corrected chi connectivity index (χ4v) is 7.50. The summed E-state index contributed by atoms with van der Waals surface area (Å²) in [7, 11) is 1.73. The highest BCUT2D eigenvalue weighted by Gasteiger charge is 2.51. The predicted octanol–water partition coefficient (Wildman–Crippen LogP) is 1.49. The highest BCUT2D eigenvalue weighted by molar-refractivity contribution is 5.92. The summed E-state index contributed by atoms with van der Waals surface area (Å²) in [6.07, 6.45) is 7.77. The fourth-order valence-electron chi connectivity index (χ4n) is 7.50. The van der Waals surface area contributed by atoms with Gasteiger partial charge in [0.2, 0.25) is 11.8 Å². The average molecular weight is 669 g/mol. The molecule has 0 aromatic heterocycles. The Kier molecular flexibility index (Phi) is 9.65. The summed E-state index contributed by atoms with van der Waals surface area (Å²) in [6.45, 7) is 5.70. The number of morpholine rings is 1. The molecule has 13 heteroatoms. The van der Waals surface area contributed by atoms with Crippen LogP contribution in [0.3, 0.4) is 0 Å². The fraction of sp³-hybridized carbons (Fsp3) is 0.444. The van der Waals surface area contributed by atoms with Crippen LogP contribution in [0.4, 0.5) is 4.79 Å². The molecule has 4 atom stereocenters. The number of hydrogen-bond acceptors (Lipinski definition) is 9. The van der Waals surface area contributed by atoms with Gasteiger partial charge in [0.15, 0.2) is 0 Å². The van der Waals surface area contributed by atoms with Gasteiger partial charge in [-0.05, 0) is 28.8 Å². The van der Waals surface area contributed by atoms with E-state index in [1.807, 2.05) is 42.6 Å². The van der Waals surface area contributed by atoms with Gasteiger partial charge in [0.05, 0.1) is 32.3 Å². The van der Waals surface area contributed by atoms with E-state index in [0.717, 1.165) is 56.1 Å². The molecule has 7 rings (SSSR count). The minimum Gasteiger partial charge on any atom is -0.508 e. The molecule has 2 N–H and O–H groups in total. The monoisotopic (exact) mass is 668 g/mol. The number of ether oxygens (including phenoxy) is 1. The van der Waals surface area contributed by atoms with Crippen LogP contribution >= 0.6 is 0 Å². The van der Waals surface area contributed by atoms with Crippen LogP contribution in [0.15, 0.2) is 83.5 Å². The van der Waals surface area contributed by atoms with Crippen molar-refractivity contribution in [3.05, 3.63) is 89.5 Å². The maximum Gasteiger partial charge on any atom is 0.334 e. The van der Waals surface area contributed by atoms with Gasteiger partial charge in [-0.2, -0.15) is 5.10 Å². The van der Waals surface area contributed by atoms with E-state index in [1.54, 1.807) is 51.1 Å². The van der Waals surface area contributed by atoms with Crippen molar-refractivity contribution in [1.82, 2.24) is 35.0 Å². The van der Waals surface area contributed by atoms with Gasteiger partial charge in [-0.3, -0.25) is 19.5 Å². The van der Waals surface area contributed by atoms with Crippen LogP contribution in [-0.2, 0) is 27.3 Å². The number of phenolic OH excluding ortho intramolecular Hbond substituents is 1. The molecule has 0 radical (unpaired) electrons. The van der Waals surface area contributed by atoms with Gasteiger partial charge < -0.3 is 25.0 Å². The van der Waals surface area contributed by atoms with Gasteiger partial charge >= 0.3 is 6.03 Å². The standard InChI is InChI=1S/C36H44N8O5/c1-39-25-33(46)43-31(20-26-10-12-30(45)13-11-26)35(47)41(24-32(43)44(39)36(48)37-21-27-6-3-2-4-7-27)23-29-9-5-8-28-22-38-42(34(28)29)15-14-40-16-18-49-19-17-40/h2-13,22,28,31-32,34,45H,14-21,23-25H2,1H3,(H,37,48)/t28?,31-,32-,34?/m0/s1. The van der Waals surface area contributed by atoms with Crippen LogP contribution in [0.2, 0.25) is 0 Å². The number of benzene rings is 2. The number of allylic oxidation sites excluding steroid dienone is 2. The molecule has 2 unspecified atom stereocenters. The number of rotatable bonds is 9. The third kappa shape index (κ3) is 7.05. The van der Waals surface area contributed by atoms with Gasteiger partial charge in [0, 0.05) is 64.9 Å². The molecule has 2 aromatic carbocycles. The zero-order valence-corrected chi connectivity index (χ0v) is 27.8. The number of amides is 4. The van der Waals surface area contributed by atoms with Crippen molar-refractivity contribution >= 4 is 24.1 Å². The van der Waals surface area contributed by atoms with E-state index < -0.39 is 12.2 Å². The molecule has 4 aliphatic heterocycles. The molecule has 49 heavy (non-hydrogen) atoms. The number of hydrazine groups is 1. The van der Waals surface area contributed by atoms with Crippen molar-refractivity contribution in [3.63, 3.8) is 0 Å². The first-order chi connectivity index (χ1) is 23.9. The van der Waals surface area contributed by atoms with Crippen molar-refractivity contribution in [3.8, 4) is 5.75 Å². The van der Waals surface area contributed by atoms with Crippen molar-refractivity contribution in [2.24, 2.45) is 11.0 Å². The molecule has 0 spiro atoms. The molecular weight excluding hydrogens is 624 g/mol. The molecule has 5 aliphatic rings. The van der Waals surface area contributed by atoms with Gasteiger partial charge in [0.1, 0.15) is 18.0 Å². The Morgan fingerprint density at radius 1 is 1.02 bits per heavy atom. The number of likely N-dealkylation sites (N-methyl/N-ethyl adjacent to an activating group) is 1. The maximum atomic E-state index is 14.5. The lowest BCUT2D eigenvalue weighted by molar-refractivity contribution is -0.186. The van der Waals surface area contributed by atoms with E-state index in [1.165, 1.54) is 0 Å². The summed E-state index contributed by atoms with van der Waals surface area (Å²) in [4.78, 5) is 47.9. The number of nitrogens with one attached hydrogen (secondary N) is 1. The van der Waals surface area contributed by atoms with Crippen LogP contribution < -0.4 is 5.32 Å². The third-order valence-corrected chi connectivity index (χ3v) is 10.0. The highest BCUT2D eigenvalue weighted by Crippen LogP contribution is 2.33. The second kappa shape index (κ2) is 14.4. The van der Waals surface area contributed by atoms with Crippen LogP contribution in [0.1, 0.15) is 11.1 Å². The Balaban J connectivity index is 1.14. The number of aromatic hydroxyl groups is 1. The first kappa shape index (κ1) is 32.8. The largest absolute Gasteiger partial charge is 0.508 e. The normalized spacial score (nSPS) is 25.8. The Morgan fingerprint density at radius 2 is 1.80 bits per heavy atom. The van der Waals surface area contributed by atoms with Crippen molar-refractivity contribution in [2.75, 3.05) is 66.1 Å². The van der Waals surface area contributed by atoms with Crippen LogP contribution in [0.25, 0.3) is 0 Å². The topological polar surface area (TPSA) is 124 Å². The molecule has 13 nitrogen and oxygen atoms in total. The molecule has 1 aliphatic carbocycles. The molecule has 0 bridgehead atoms. The van der Waals surface area contributed by atoms with E-state index in [4.69, 9.17) is 9.84 Å². The second-order valence-corrected chi connectivity index (χ2v) is 13.2. The second-order valence-electron chi connectivity index (χ2n) is 13.2. The quantitative estimate of drug-likeness (QED) is 0.412. The number of hydrogen-bond donors (Lipinski definition) is 2. The molecule has 258 valence electrons. The van der Waals surface area contributed by atoms with Gasteiger partial charge in [-0.1, -0.05) is 60.7 Å². The number of nitrogens with zero attached hydrogens (tertiary/aromatic N) is 7. The third-order valence-electron chi connectivity index (χ3n) is 10.0. The van der Waals surface area contributed by atoms with Crippen LogP contribution in [0.5, 0.6) is 5.75 Å². The summed E-state index contributed by atoms with van der Waals surface area (Å²) < 4.78 is 5.52. The SMILES string of the molecule is CN1CC(=O)N2[C@@H](Cc3ccc(O)cc3)C(=O)N(CC3=CC=CC4C=NN(CCN5CCOCC5)C34)C[C@@H]2N1C(=O)NCc1ccccc1. The number of carbonyl (C=O) groups excluding carboxylic acids is 3. The summed E-state index contributed by atoms with van der Waals surface area (Å²) >= 11 is 0. The summed E-state index contributed by atoms with van der Waals surface area (Å²) in [5.74, 6) is -0.164. The van der Waals surface area contributed by atoms with Gasteiger partial charge in [-0.25, -0.2) is 14.8 Å². The Labute approximate surface area is 286 Å². The number of phenols is 1. The summed E-state index contributed by atoms with van der Waals surface area (Å²) in [5.41, 5.74) is 2.83. The lowest BCUT2D eigenvalue weighted by atomic mass is 9.88. The predicted molar refractivity (Wildman–Crippen MR) is 183 cm³/mol. The molecule has 3 fully saturated rings. The summed E-state index contributed by atoms with van der Waals surface area (Å²) in [6, 6.07) is 15.2. The lowest BCUT2D eigenvalue weighted by Gasteiger charge is -2.54. The van der Waals surface area contributed by atoms with E-state index >= 15 is 0 Å². The summed E-state index contributed by atoms with van der Waals surface area (Å²) in [5, 5.41) is 23.1. The zero-order chi connectivity index (χ0) is 33.9. The molecule has 2 aromatic rings. The number of carbonyl (C=O) groups is 3. The van der Waals surface area contributed by atoms with Gasteiger partial charge in [0.25, 0.3) is 0 Å². The van der Waals surface area contributed by atoms with Gasteiger partial charge in [-0.15, -0.1) is 0 Å². The Hall–Kier alpha value is -4.72. The number of fused-ring (bicyclic) bond motifs is 2. The minimum atomic E-state index is -0.832. The first-order valence-electron chi connectivity index (χ1n) is 17.0. The van der Waals surface area contributed by atoms with Crippen LogP contribution in [-0.4, -0.2) is 143 Å². The highest BCUT2D eigenvalue weighted by atomic mass is 16.5. The first-order valence-corrected chi connectivity index (χ1v) is 17.0. The smallest absolute Gasteiger partial charge is 0.334 e. The Bertz CT molecular complexity index is 1610. The zero-order valence-electron chi connectivity index (χ0n) is 27.8. The molecule has 4 heterocycles. The number of piperazine rings is 1. The van der Waals surface area contributed by atoms with Crippen LogP contribution in [0, 0.1) is 5.92 Å². The van der Waals surface area contributed by atoms with Crippen molar-refractivity contribution in [2.45, 2.75) is 31.2 Å². The average Bonchev–Trinajstić information content (AvgIpc) is 3.54. The van der Waals surface area contributed by atoms with Crippen molar-refractivity contribution in [1.29, 1.82) is 0 Å². The van der Waals surface area contributed by atoms with E-state index in [0.29, 0.717) is 13.1 Å². The molecule has 0 saturated carbocycles. The van der Waals surface area contributed by atoms with Crippen molar-refractivity contribution < 1.29 is 24.2 Å². The minimum absolute atomic E-state index is 0.0200. The molecule has 4 amide bonds. The lowest BCUT2D eigenvalue weighted by Crippen LogP contribution is -2.76. The number of hydrazone groups is 1. The molecular formula is C36H44N8O5. The number of urea groups is 1.